The average Bonchev–Trinajstić information content (AvgIpc) is 2.46. The molecule has 1 aliphatic heterocycles. The van der Waals surface area contributed by atoms with Gasteiger partial charge in [-0.05, 0) is 35.7 Å². The maximum Gasteiger partial charge on any atom is 0.258 e. The van der Waals surface area contributed by atoms with Gasteiger partial charge in [-0.2, -0.15) is 0 Å². The lowest BCUT2D eigenvalue weighted by Crippen LogP contribution is -2.28. The van der Waals surface area contributed by atoms with Crippen molar-refractivity contribution in [2.75, 3.05) is 17.7 Å². The number of benzene rings is 2. The van der Waals surface area contributed by atoms with Crippen LogP contribution in [0.25, 0.3) is 0 Å². The van der Waals surface area contributed by atoms with Crippen LogP contribution < -0.4 is 11.1 Å². The van der Waals surface area contributed by atoms with Crippen molar-refractivity contribution in [3.63, 3.8) is 0 Å². The van der Waals surface area contributed by atoms with Crippen LogP contribution in [0.2, 0.25) is 0 Å². The van der Waals surface area contributed by atoms with E-state index in [1.165, 1.54) is 5.56 Å². The summed E-state index contributed by atoms with van der Waals surface area (Å²) in [6.07, 6.45) is 0.291. The number of carbonyl (C=O) groups excluding carboxylic acids is 1. The van der Waals surface area contributed by atoms with Gasteiger partial charge in [0.2, 0.25) is 0 Å². The zero-order valence-electron chi connectivity index (χ0n) is 11.0. The molecule has 3 rings (SSSR count). The van der Waals surface area contributed by atoms with Crippen molar-refractivity contribution in [2.24, 2.45) is 0 Å². The van der Waals surface area contributed by atoms with Crippen LogP contribution in [-0.4, -0.2) is 12.5 Å². The number of carbonyl (C=O) groups is 1. The molecule has 0 saturated heterocycles. The van der Waals surface area contributed by atoms with Crippen molar-refractivity contribution >= 4 is 17.3 Å². The summed E-state index contributed by atoms with van der Waals surface area (Å²) < 4.78 is 5.63. The van der Waals surface area contributed by atoms with Gasteiger partial charge >= 0.3 is 0 Å². The highest BCUT2D eigenvalue weighted by Gasteiger charge is 2.27. The van der Waals surface area contributed by atoms with Gasteiger partial charge in [0.05, 0.1) is 6.61 Å². The van der Waals surface area contributed by atoms with Crippen LogP contribution in [0.1, 0.15) is 17.2 Å². The molecule has 1 atom stereocenters. The minimum atomic E-state index is -0.554. The fourth-order valence-electron chi connectivity index (χ4n) is 2.44. The number of amides is 1. The summed E-state index contributed by atoms with van der Waals surface area (Å²) >= 11 is 0. The van der Waals surface area contributed by atoms with Crippen molar-refractivity contribution in [1.29, 1.82) is 0 Å². The Kier molecular flexibility index (Phi) is 3.39. The van der Waals surface area contributed by atoms with Gasteiger partial charge in [0, 0.05) is 11.4 Å². The van der Waals surface area contributed by atoms with E-state index in [9.17, 15) is 4.79 Å². The summed E-state index contributed by atoms with van der Waals surface area (Å²) in [5, 5.41) is 2.85. The highest BCUT2D eigenvalue weighted by atomic mass is 16.5. The highest BCUT2D eigenvalue weighted by molar-refractivity contribution is 5.95. The quantitative estimate of drug-likeness (QED) is 0.823. The molecule has 0 aromatic heterocycles. The van der Waals surface area contributed by atoms with Gasteiger partial charge in [-0.3, -0.25) is 4.79 Å². The minimum Gasteiger partial charge on any atom is -0.399 e. The predicted molar refractivity (Wildman–Crippen MR) is 78.3 cm³/mol. The molecular weight excluding hydrogens is 252 g/mol. The first-order valence-corrected chi connectivity index (χ1v) is 6.60. The summed E-state index contributed by atoms with van der Waals surface area (Å²) in [6.45, 7) is 0.562. The maximum atomic E-state index is 12.4. The Labute approximate surface area is 117 Å². The standard InChI is InChI=1S/C16H16N2O2/c17-12-5-3-6-13(10-12)18-16(19)15-14-7-2-1-4-11(14)8-9-20-15/h1-7,10,15H,8-9,17H2,(H,18,19). The van der Waals surface area contributed by atoms with E-state index < -0.39 is 6.10 Å². The van der Waals surface area contributed by atoms with Gasteiger partial charge in [0.15, 0.2) is 6.10 Å². The lowest BCUT2D eigenvalue weighted by Gasteiger charge is -2.25. The summed E-state index contributed by atoms with van der Waals surface area (Å²) in [7, 11) is 0. The van der Waals surface area contributed by atoms with E-state index in [1.807, 2.05) is 30.3 Å². The normalized spacial score (nSPS) is 17.3. The molecule has 0 saturated carbocycles. The Bertz CT molecular complexity index is 640. The molecule has 2 aromatic rings. The molecule has 1 aliphatic rings. The SMILES string of the molecule is Nc1cccc(NC(=O)C2OCCc3ccccc32)c1. The van der Waals surface area contributed by atoms with E-state index in [4.69, 9.17) is 10.5 Å². The van der Waals surface area contributed by atoms with E-state index in [1.54, 1.807) is 18.2 Å². The number of hydrogen-bond acceptors (Lipinski definition) is 3. The molecule has 2 aromatic carbocycles. The number of nitrogens with one attached hydrogen (secondary N) is 1. The molecule has 102 valence electrons. The Hall–Kier alpha value is -2.33. The molecule has 3 N–H and O–H groups in total. The van der Waals surface area contributed by atoms with Crippen molar-refractivity contribution in [1.82, 2.24) is 0 Å². The van der Waals surface area contributed by atoms with Crippen LogP contribution in [0.4, 0.5) is 11.4 Å². The van der Waals surface area contributed by atoms with E-state index in [0.29, 0.717) is 18.0 Å². The monoisotopic (exact) mass is 268 g/mol. The number of ether oxygens (including phenoxy) is 1. The smallest absolute Gasteiger partial charge is 0.258 e. The Morgan fingerprint density at radius 2 is 2.05 bits per heavy atom. The largest absolute Gasteiger partial charge is 0.399 e. The van der Waals surface area contributed by atoms with Crippen molar-refractivity contribution in [2.45, 2.75) is 12.5 Å². The average molecular weight is 268 g/mol. The zero-order chi connectivity index (χ0) is 13.9. The molecule has 4 heteroatoms. The molecule has 0 radical (unpaired) electrons. The molecule has 1 heterocycles. The molecule has 0 aliphatic carbocycles. The topological polar surface area (TPSA) is 64.3 Å². The molecule has 0 bridgehead atoms. The Morgan fingerprint density at radius 1 is 1.20 bits per heavy atom. The van der Waals surface area contributed by atoms with Crippen LogP contribution in [0.5, 0.6) is 0 Å². The van der Waals surface area contributed by atoms with E-state index in [0.717, 1.165) is 12.0 Å². The van der Waals surface area contributed by atoms with Crippen LogP contribution in [-0.2, 0) is 16.0 Å². The van der Waals surface area contributed by atoms with Gasteiger partial charge in [0.25, 0.3) is 5.91 Å². The molecule has 1 unspecified atom stereocenters. The second kappa shape index (κ2) is 5.35. The van der Waals surface area contributed by atoms with Crippen molar-refractivity contribution < 1.29 is 9.53 Å². The van der Waals surface area contributed by atoms with Gasteiger partial charge in [-0.25, -0.2) is 0 Å². The lowest BCUT2D eigenvalue weighted by molar-refractivity contribution is -0.128. The number of fused-ring (bicyclic) bond motifs is 1. The number of nitrogens with two attached hydrogens (primary N) is 1. The van der Waals surface area contributed by atoms with Crippen LogP contribution in [0.3, 0.4) is 0 Å². The summed E-state index contributed by atoms with van der Waals surface area (Å²) in [5.74, 6) is -0.164. The van der Waals surface area contributed by atoms with Crippen LogP contribution in [0.15, 0.2) is 48.5 Å². The maximum absolute atomic E-state index is 12.4. The van der Waals surface area contributed by atoms with E-state index in [-0.39, 0.29) is 5.91 Å². The molecule has 0 spiro atoms. The van der Waals surface area contributed by atoms with Crippen molar-refractivity contribution in [3.8, 4) is 0 Å². The molecular formula is C16H16N2O2. The summed E-state index contributed by atoms with van der Waals surface area (Å²) in [4.78, 5) is 12.4. The Balaban J connectivity index is 1.82. The lowest BCUT2D eigenvalue weighted by atomic mass is 9.97. The number of anilines is 2. The van der Waals surface area contributed by atoms with Gasteiger partial charge in [0.1, 0.15) is 0 Å². The molecule has 4 nitrogen and oxygen atoms in total. The third kappa shape index (κ3) is 2.51. The third-order valence-corrected chi connectivity index (χ3v) is 3.39. The second-order valence-electron chi connectivity index (χ2n) is 4.81. The van der Waals surface area contributed by atoms with Crippen LogP contribution >= 0.6 is 0 Å². The number of nitrogen functional groups attached to an aromatic ring is 1. The van der Waals surface area contributed by atoms with E-state index >= 15 is 0 Å². The van der Waals surface area contributed by atoms with Gasteiger partial charge in [-0.15, -0.1) is 0 Å². The zero-order valence-corrected chi connectivity index (χ0v) is 11.0. The summed E-state index contributed by atoms with van der Waals surface area (Å²) in [6, 6.07) is 15.0. The first-order chi connectivity index (χ1) is 9.74. The van der Waals surface area contributed by atoms with Gasteiger partial charge in [-0.1, -0.05) is 30.3 Å². The van der Waals surface area contributed by atoms with Crippen LogP contribution in [0, 0.1) is 0 Å². The van der Waals surface area contributed by atoms with Crippen molar-refractivity contribution in [3.05, 3.63) is 59.7 Å². The second-order valence-corrected chi connectivity index (χ2v) is 4.81. The minimum absolute atomic E-state index is 0.164. The Morgan fingerprint density at radius 3 is 2.90 bits per heavy atom. The summed E-state index contributed by atoms with van der Waals surface area (Å²) in [5.41, 5.74) is 9.12. The molecule has 20 heavy (non-hydrogen) atoms. The third-order valence-electron chi connectivity index (χ3n) is 3.39. The first kappa shape index (κ1) is 12.7. The molecule has 1 amide bonds. The first-order valence-electron chi connectivity index (χ1n) is 6.60. The molecule has 0 fully saturated rings. The predicted octanol–water partition coefficient (Wildman–Crippen LogP) is 2.52. The number of rotatable bonds is 2. The fourth-order valence-corrected chi connectivity index (χ4v) is 2.44. The fraction of sp³-hybridized carbons (Fsp3) is 0.188. The van der Waals surface area contributed by atoms with E-state index in [2.05, 4.69) is 5.32 Å². The van der Waals surface area contributed by atoms with Gasteiger partial charge < -0.3 is 15.8 Å². The number of hydrogen-bond donors (Lipinski definition) is 2. The highest BCUT2D eigenvalue weighted by Crippen LogP contribution is 2.28.